The Morgan fingerprint density at radius 2 is 2.22 bits per heavy atom. The number of aromatic nitrogens is 5. The van der Waals surface area contributed by atoms with Crippen molar-refractivity contribution in [3.05, 3.63) is 28.6 Å². The molecule has 1 N–H and O–H groups in total. The summed E-state index contributed by atoms with van der Waals surface area (Å²) in [6.07, 6.45) is 1.74. The third-order valence-electron chi connectivity index (χ3n) is 2.81. The smallest absolute Gasteiger partial charge is 0.146 e. The molecule has 0 saturated heterocycles. The lowest BCUT2D eigenvalue weighted by atomic mass is 10.3. The molecule has 2 aromatic rings. The van der Waals surface area contributed by atoms with Gasteiger partial charge in [0.1, 0.15) is 12.2 Å². The molecule has 0 radical (unpaired) electrons. The van der Waals surface area contributed by atoms with E-state index in [1.165, 1.54) is 0 Å². The standard InChI is InChI=1S/C11H17ClN6/c1-4-18-7-13-16-10(18)6-17(3)5-9-11(12)8(2)14-15-9/h7H,4-6H2,1-3H3,(H,14,15). The Labute approximate surface area is 111 Å². The topological polar surface area (TPSA) is 62.6 Å². The predicted molar refractivity (Wildman–Crippen MR) is 69.2 cm³/mol. The van der Waals surface area contributed by atoms with Crippen LogP contribution >= 0.6 is 11.6 Å². The fraction of sp³-hybridized carbons (Fsp3) is 0.545. The maximum Gasteiger partial charge on any atom is 0.146 e. The molecule has 2 rings (SSSR count). The minimum atomic E-state index is 0.680. The second-order valence-electron chi connectivity index (χ2n) is 4.31. The van der Waals surface area contributed by atoms with Gasteiger partial charge in [0.2, 0.25) is 0 Å². The number of nitrogens with one attached hydrogen (secondary N) is 1. The van der Waals surface area contributed by atoms with Gasteiger partial charge in [-0.1, -0.05) is 11.6 Å². The number of hydrogen-bond acceptors (Lipinski definition) is 4. The lowest BCUT2D eigenvalue weighted by molar-refractivity contribution is 0.301. The minimum Gasteiger partial charge on any atom is -0.317 e. The molecule has 2 aromatic heterocycles. The van der Waals surface area contributed by atoms with E-state index in [1.54, 1.807) is 6.33 Å². The highest BCUT2D eigenvalue weighted by molar-refractivity contribution is 6.31. The highest BCUT2D eigenvalue weighted by Crippen LogP contribution is 2.18. The van der Waals surface area contributed by atoms with Gasteiger partial charge < -0.3 is 4.57 Å². The van der Waals surface area contributed by atoms with Crippen LogP contribution in [0.3, 0.4) is 0 Å². The first-order valence-electron chi connectivity index (χ1n) is 5.86. The van der Waals surface area contributed by atoms with Crippen molar-refractivity contribution in [2.75, 3.05) is 7.05 Å². The van der Waals surface area contributed by atoms with E-state index >= 15 is 0 Å². The first kappa shape index (κ1) is 13.0. The van der Waals surface area contributed by atoms with Gasteiger partial charge in [0, 0.05) is 13.1 Å². The van der Waals surface area contributed by atoms with E-state index in [9.17, 15) is 0 Å². The van der Waals surface area contributed by atoms with Gasteiger partial charge in [0.25, 0.3) is 0 Å². The molecule has 0 unspecified atom stereocenters. The van der Waals surface area contributed by atoms with Crippen molar-refractivity contribution in [1.82, 2.24) is 29.9 Å². The molecule has 0 aliphatic heterocycles. The summed E-state index contributed by atoms with van der Waals surface area (Å²) >= 11 is 6.14. The predicted octanol–water partition coefficient (Wildman–Crippen LogP) is 1.61. The highest BCUT2D eigenvalue weighted by Gasteiger charge is 2.12. The van der Waals surface area contributed by atoms with E-state index in [4.69, 9.17) is 11.6 Å². The summed E-state index contributed by atoms with van der Waals surface area (Å²) < 4.78 is 2.02. The van der Waals surface area contributed by atoms with E-state index in [0.29, 0.717) is 11.6 Å². The zero-order valence-corrected chi connectivity index (χ0v) is 11.6. The Bertz CT molecular complexity index is 517. The molecular weight excluding hydrogens is 252 g/mol. The van der Waals surface area contributed by atoms with Crippen molar-refractivity contribution in [2.45, 2.75) is 33.5 Å². The Balaban J connectivity index is 2.01. The monoisotopic (exact) mass is 268 g/mol. The van der Waals surface area contributed by atoms with Crippen LogP contribution in [-0.4, -0.2) is 36.9 Å². The summed E-state index contributed by atoms with van der Waals surface area (Å²) in [7, 11) is 2.01. The van der Waals surface area contributed by atoms with Crippen LogP contribution in [0.5, 0.6) is 0 Å². The van der Waals surface area contributed by atoms with Crippen molar-refractivity contribution >= 4 is 11.6 Å². The largest absolute Gasteiger partial charge is 0.317 e. The van der Waals surface area contributed by atoms with Crippen molar-refractivity contribution in [2.24, 2.45) is 0 Å². The number of rotatable bonds is 5. The van der Waals surface area contributed by atoms with Crippen molar-refractivity contribution < 1.29 is 0 Å². The summed E-state index contributed by atoms with van der Waals surface area (Å²) in [5, 5.41) is 15.8. The van der Waals surface area contributed by atoms with Crippen LogP contribution in [0.15, 0.2) is 6.33 Å². The molecule has 6 nitrogen and oxygen atoms in total. The van der Waals surface area contributed by atoms with E-state index in [1.807, 2.05) is 18.5 Å². The average Bonchev–Trinajstić information content (AvgIpc) is 2.91. The molecule has 0 bridgehead atoms. The number of nitrogens with zero attached hydrogens (tertiary/aromatic N) is 5. The van der Waals surface area contributed by atoms with E-state index in [0.717, 1.165) is 30.3 Å². The highest BCUT2D eigenvalue weighted by atomic mass is 35.5. The van der Waals surface area contributed by atoms with Crippen LogP contribution in [0, 0.1) is 6.92 Å². The van der Waals surface area contributed by atoms with E-state index in [-0.39, 0.29) is 0 Å². The second kappa shape index (κ2) is 5.49. The van der Waals surface area contributed by atoms with Crippen LogP contribution in [0.25, 0.3) is 0 Å². The molecule has 2 heterocycles. The summed E-state index contributed by atoms with van der Waals surface area (Å²) in [4.78, 5) is 2.11. The third kappa shape index (κ3) is 2.70. The first-order valence-corrected chi connectivity index (χ1v) is 6.24. The Hall–Kier alpha value is -1.40. The zero-order valence-electron chi connectivity index (χ0n) is 10.8. The van der Waals surface area contributed by atoms with Gasteiger partial charge >= 0.3 is 0 Å². The lowest BCUT2D eigenvalue weighted by Crippen LogP contribution is -2.20. The Kier molecular flexibility index (Phi) is 3.98. The van der Waals surface area contributed by atoms with Crippen LogP contribution in [0.2, 0.25) is 5.02 Å². The summed E-state index contributed by atoms with van der Waals surface area (Å²) in [5.74, 6) is 0.948. The lowest BCUT2D eigenvalue weighted by Gasteiger charge is -2.15. The molecule has 0 atom stereocenters. The Morgan fingerprint density at radius 3 is 2.83 bits per heavy atom. The van der Waals surface area contributed by atoms with Gasteiger partial charge in [0.15, 0.2) is 0 Å². The van der Waals surface area contributed by atoms with Gasteiger partial charge in [-0.3, -0.25) is 10.00 Å². The quantitative estimate of drug-likeness (QED) is 0.895. The molecule has 7 heteroatoms. The number of aromatic amines is 1. The van der Waals surface area contributed by atoms with E-state index < -0.39 is 0 Å². The molecule has 0 saturated carbocycles. The number of hydrogen-bond donors (Lipinski definition) is 1. The van der Waals surface area contributed by atoms with E-state index in [2.05, 4.69) is 32.2 Å². The van der Waals surface area contributed by atoms with Gasteiger partial charge in [-0.25, -0.2) is 0 Å². The number of halogens is 1. The molecule has 18 heavy (non-hydrogen) atoms. The SMILES string of the molecule is CCn1cnnc1CN(C)Cc1n[nH]c(C)c1Cl. The van der Waals surface area contributed by atoms with Crippen molar-refractivity contribution in [3.63, 3.8) is 0 Å². The summed E-state index contributed by atoms with van der Waals surface area (Å²) in [5.41, 5.74) is 1.76. The molecule has 0 aliphatic rings. The van der Waals surface area contributed by atoms with Crippen molar-refractivity contribution in [1.29, 1.82) is 0 Å². The maximum atomic E-state index is 6.14. The van der Waals surface area contributed by atoms with Gasteiger partial charge in [0.05, 0.1) is 23.0 Å². The van der Waals surface area contributed by atoms with Crippen LogP contribution < -0.4 is 0 Å². The fourth-order valence-corrected chi connectivity index (χ4v) is 1.93. The normalized spacial score (nSPS) is 11.4. The molecule has 0 fully saturated rings. The number of aryl methyl sites for hydroxylation is 2. The zero-order chi connectivity index (χ0) is 13.1. The molecule has 0 aromatic carbocycles. The number of H-pyrrole nitrogens is 1. The van der Waals surface area contributed by atoms with Gasteiger partial charge in [-0.15, -0.1) is 10.2 Å². The Morgan fingerprint density at radius 1 is 1.44 bits per heavy atom. The fourth-order valence-electron chi connectivity index (χ4n) is 1.79. The van der Waals surface area contributed by atoms with Gasteiger partial charge in [-0.05, 0) is 20.9 Å². The van der Waals surface area contributed by atoms with Crippen molar-refractivity contribution in [3.8, 4) is 0 Å². The molecule has 98 valence electrons. The van der Waals surface area contributed by atoms with Crippen LogP contribution in [-0.2, 0) is 19.6 Å². The molecule has 0 spiro atoms. The van der Waals surface area contributed by atoms with Gasteiger partial charge in [-0.2, -0.15) is 5.10 Å². The average molecular weight is 269 g/mol. The van der Waals surface area contributed by atoms with Crippen LogP contribution in [0.4, 0.5) is 0 Å². The first-order chi connectivity index (χ1) is 8.61. The minimum absolute atomic E-state index is 0.680. The molecule has 0 amide bonds. The summed E-state index contributed by atoms with van der Waals surface area (Å²) in [6.45, 7) is 6.25. The molecular formula is C11H17ClN6. The third-order valence-corrected chi connectivity index (χ3v) is 3.31. The maximum absolute atomic E-state index is 6.14. The second-order valence-corrected chi connectivity index (χ2v) is 4.69. The van der Waals surface area contributed by atoms with Crippen LogP contribution in [0.1, 0.15) is 24.1 Å². The summed E-state index contributed by atoms with van der Waals surface area (Å²) in [6, 6.07) is 0. The molecule has 0 aliphatic carbocycles.